The zero-order chi connectivity index (χ0) is 15.3. The molecule has 0 saturated carbocycles. The summed E-state index contributed by atoms with van der Waals surface area (Å²) in [5.41, 5.74) is 0.919. The second kappa shape index (κ2) is 5.26. The van der Waals surface area contributed by atoms with E-state index in [0.29, 0.717) is 19.6 Å². The third-order valence-electron chi connectivity index (χ3n) is 4.78. The molecule has 2 atom stereocenters. The molecule has 0 aliphatic carbocycles. The van der Waals surface area contributed by atoms with Gasteiger partial charge in [-0.05, 0) is 41.3 Å². The Labute approximate surface area is 137 Å². The summed E-state index contributed by atoms with van der Waals surface area (Å²) in [6.45, 7) is 1.21. The minimum absolute atomic E-state index is 0.0393. The molecule has 0 unspecified atom stereocenters. The molecular weight excluding hydrogens is 348 g/mol. The molecule has 0 radical (unpaired) electrons. The van der Waals surface area contributed by atoms with Crippen LogP contribution in [0.2, 0.25) is 0 Å². The maximum absolute atomic E-state index is 12.8. The Morgan fingerprint density at radius 1 is 1.14 bits per heavy atom. The fourth-order valence-electron chi connectivity index (χ4n) is 3.73. The van der Waals surface area contributed by atoms with Gasteiger partial charge in [-0.2, -0.15) is 0 Å². The van der Waals surface area contributed by atoms with Gasteiger partial charge in [-0.1, -0.05) is 12.1 Å². The first-order valence-electron chi connectivity index (χ1n) is 7.73. The maximum atomic E-state index is 12.8. The number of hydrogen-bond donors (Lipinski definition) is 0. The summed E-state index contributed by atoms with van der Waals surface area (Å²) in [6, 6.07) is 5.18. The Morgan fingerprint density at radius 2 is 2.00 bits per heavy atom. The topological polar surface area (TPSA) is 49.9 Å². The van der Waals surface area contributed by atoms with Gasteiger partial charge in [0.05, 0.1) is 17.1 Å². The van der Waals surface area contributed by atoms with Gasteiger partial charge in [0.15, 0.2) is 0 Å². The van der Waals surface area contributed by atoms with E-state index >= 15 is 0 Å². The highest BCUT2D eigenvalue weighted by Crippen LogP contribution is 2.43. The number of imide groups is 1. The molecule has 0 aromatic heterocycles. The molecule has 116 valence electrons. The molecule has 1 aromatic rings. The number of para-hydroxylation sites is 1. The van der Waals surface area contributed by atoms with E-state index in [-0.39, 0.29) is 24.0 Å². The normalized spacial score (nSPS) is 27.5. The highest BCUT2D eigenvalue weighted by molar-refractivity contribution is 9.10. The fourth-order valence-corrected chi connectivity index (χ4v) is 4.23. The lowest BCUT2D eigenvalue weighted by atomic mass is 9.98. The second-order valence-electron chi connectivity index (χ2n) is 6.01. The van der Waals surface area contributed by atoms with Gasteiger partial charge in [0.1, 0.15) is 11.8 Å². The van der Waals surface area contributed by atoms with Gasteiger partial charge in [0.2, 0.25) is 0 Å². The van der Waals surface area contributed by atoms with Gasteiger partial charge in [-0.15, -0.1) is 0 Å². The molecule has 6 heteroatoms. The third-order valence-corrected chi connectivity index (χ3v) is 5.41. The third kappa shape index (κ3) is 1.96. The van der Waals surface area contributed by atoms with Crippen molar-refractivity contribution in [3.8, 4) is 5.75 Å². The number of piperidine rings is 1. The van der Waals surface area contributed by atoms with E-state index in [1.807, 2.05) is 18.2 Å². The molecule has 22 heavy (non-hydrogen) atoms. The van der Waals surface area contributed by atoms with Crippen LogP contribution in [-0.4, -0.2) is 40.9 Å². The first kappa shape index (κ1) is 14.1. The van der Waals surface area contributed by atoms with Crippen LogP contribution < -0.4 is 4.74 Å². The van der Waals surface area contributed by atoms with Crippen LogP contribution in [0.5, 0.6) is 5.75 Å². The number of carbonyl (C=O) groups excluding carboxylic acids is 2. The van der Waals surface area contributed by atoms with E-state index in [9.17, 15) is 9.59 Å². The van der Waals surface area contributed by atoms with Crippen LogP contribution in [-0.2, 0) is 4.79 Å². The quantitative estimate of drug-likeness (QED) is 0.719. The summed E-state index contributed by atoms with van der Waals surface area (Å²) < 4.78 is 6.59. The summed E-state index contributed by atoms with van der Waals surface area (Å²) in [4.78, 5) is 28.7. The highest BCUT2D eigenvalue weighted by Gasteiger charge is 2.49. The van der Waals surface area contributed by atoms with Crippen LogP contribution in [0.15, 0.2) is 22.7 Å². The monoisotopic (exact) mass is 364 g/mol. The number of rotatable bonds is 1. The predicted octanol–water partition coefficient (Wildman–Crippen LogP) is 3.09. The van der Waals surface area contributed by atoms with Crippen molar-refractivity contribution in [2.45, 2.75) is 37.8 Å². The maximum Gasteiger partial charge on any atom is 0.328 e. The Balaban J connectivity index is 1.73. The van der Waals surface area contributed by atoms with Crippen molar-refractivity contribution in [2.75, 3.05) is 13.2 Å². The molecule has 2 fully saturated rings. The minimum Gasteiger partial charge on any atom is -0.492 e. The van der Waals surface area contributed by atoms with Gasteiger partial charge in [0.25, 0.3) is 5.91 Å². The van der Waals surface area contributed by atoms with E-state index in [0.717, 1.165) is 35.0 Å². The smallest absolute Gasteiger partial charge is 0.328 e. The zero-order valence-corrected chi connectivity index (χ0v) is 13.7. The summed E-state index contributed by atoms with van der Waals surface area (Å²) in [7, 11) is 0. The van der Waals surface area contributed by atoms with Crippen molar-refractivity contribution in [3.05, 3.63) is 28.2 Å². The molecule has 3 heterocycles. The molecule has 4 rings (SSSR count). The van der Waals surface area contributed by atoms with E-state index < -0.39 is 0 Å². The van der Waals surface area contributed by atoms with Gasteiger partial charge in [-0.3, -0.25) is 9.69 Å². The number of urea groups is 1. The van der Waals surface area contributed by atoms with Crippen LogP contribution in [0.4, 0.5) is 4.79 Å². The van der Waals surface area contributed by atoms with E-state index in [1.165, 1.54) is 4.90 Å². The molecular formula is C16H17BrN2O3. The van der Waals surface area contributed by atoms with Gasteiger partial charge in [-0.25, -0.2) is 4.79 Å². The lowest BCUT2D eigenvalue weighted by Gasteiger charge is -2.32. The Morgan fingerprint density at radius 3 is 2.82 bits per heavy atom. The average molecular weight is 365 g/mol. The first-order valence-corrected chi connectivity index (χ1v) is 8.52. The Bertz CT molecular complexity index is 624. The molecule has 0 spiro atoms. The lowest BCUT2D eigenvalue weighted by Crippen LogP contribution is -2.39. The van der Waals surface area contributed by atoms with Crippen LogP contribution in [0.25, 0.3) is 0 Å². The second-order valence-corrected chi connectivity index (χ2v) is 6.86. The summed E-state index contributed by atoms with van der Waals surface area (Å²) in [6.07, 6.45) is 3.44. The van der Waals surface area contributed by atoms with Crippen LogP contribution in [0.1, 0.15) is 37.3 Å². The van der Waals surface area contributed by atoms with Crippen molar-refractivity contribution in [2.24, 2.45) is 0 Å². The number of ether oxygens (including phenoxy) is 1. The average Bonchev–Trinajstić information content (AvgIpc) is 2.80. The molecule has 0 N–H and O–H groups in total. The summed E-state index contributed by atoms with van der Waals surface area (Å²) >= 11 is 3.49. The molecule has 3 aliphatic heterocycles. The van der Waals surface area contributed by atoms with Crippen molar-refractivity contribution in [1.82, 2.24) is 9.80 Å². The molecule has 3 aliphatic rings. The number of carbonyl (C=O) groups is 2. The van der Waals surface area contributed by atoms with Gasteiger partial charge >= 0.3 is 6.03 Å². The largest absolute Gasteiger partial charge is 0.492 e. The first-order chi connectivity index (χ1) is 10.7. The molecule has 0 bridgehead atoms. The minimum atomic E-state index is -0.250. The predicted molar refractivity (Wildman–Crippen MR) is 83.6 cm³/mol. The van der Waals surface area contributed by atoms with Gasteiger partial charge in [0, 0.05) is 18.5 Å². The number of halogens is 1. The fraction of sp³-hybridized carbons (Fsp3) is 0.500. The number of hydrogen-bond acceptors (Lipinski definition) is 3. The van der Waals surface area contributed by atoms with Crippen molar-refractivity contribution in [3.63, 3.8) is 0 Å². The SMILES string of the molecule is O=C1[C@@H]2CCCCN2C(=O)N1[C@@H]1CCOc2c(Br)cccc21. The van der Waals surface area contributed by atoms with E-state index in [2.05, 4.69) is 15.9 Å². The van der Waals surface area contributed by atoms with Crippen LogP contribution in [0, 0.1) is 0 Å². The lowest BCUT2D eigenvalue weighted by molar-refractivity contribution is -0.130. The highest BCUT2D eigenvalue weighted by atomic mass is 79.9. The van der Waals surface area contributed by atoms with Crippen LogP contribution >= 0.6 is 15.9 Å². The van der Waals surface area contributed by atoms with E-state index in [4.69, 9.17) is 4.74 Å². The Kier molecular flexibility index (Phi) is 3.36. The van der Waals surface area contributed by atoms with Gasteiger partial charge < -0.3 is 9.64 Å². The molecule has 3 amide bonds. The number of benzene rings is 1. The molecule has 2 saturated heterocycles. The zero-order valence-electron chi connectivity index (χ0n) is 12.1. The number of nitrogens with zero attached hydrogens (tertiary/aromatic N) is 2. The van der Waals surface area contributed by atoms with Crippen molar-refractivity contribution >= 4 is 27.9 Å². The summed E-state index contributed by atoms with van der Waals surface area (Å²) in [5.74, 6) is 0.715. The Hall–Kier alpha value is -1.56. The number of amides is 3. The molecule has 1 aromatic carbocycles. The van der Waals surface area contributed by atoms with Crippen LogP contribution in [0.3, 0.4) is 0 Å². The van der Waals surface area contributed by atoms with Crippen molar-refractivity contribution < 1.29 is 14.3 Å². The van der Waals surface area contributed by atoms with Crippen molar-refractivity contribution in [1.29, 1.82) is 0 Å². The number of fused-ring (bicyclic) bond motifs is 2. The molecule has 5 nitrogen and oxygen atoms in total. The standard InChI is InChI=1S/C16H17BrN2O3/c17-11-5-3-4-10-12(7-9-22-14(10)11)19-15(20)13-6-1-2-8-18(13)16(19)21/h3-5,12-13H,1-2,6-9H2/t12-,13+/m1/s1. The van der Waals surface area contributed by atoms with E-state index in [1.54, 1.807) is 4.90 Å². The summed E-state index contributed by atoms with van der Waals surface area (Å²) in [5, 5.41) is 0.